The smallest absolute Gasteiger partial charge is 0.0546 e. The van der Waals surface area contributed by atoms with E-state index >= 15 is 0 Å². The molecule has 0 radical (unpaired) electrons. The molecule has 0 amide bonds. The number of benzene rings is 5. The zero-order chi connectivity index (χ0) is 19.6. The van der Waals surface area contributed by atoms with Crippen LogP contribution in [0.15, 0.2) is 116 Å². The molecule has 0 heterocycles. The molecule has 0 saturated carbocycles. The van der Waals surface area contributed by atoms with Crippen molar-refractivity contribution in [2.24, 2.45) is 0 Å². The maximum Gasteiger partial charge on any atom is 0.0546 e. The van der Waals surface area contributed by atoms with Crippen LogP contribution in [-0.2, 0) is 0 Å². The summed E-state index contributed by atoms with van der Waals surface area (Å²) in [7, 11) is 0. The summed E-state index contributed by atoms with van der Waals surface area (Å²) in [4.78, 5) is 2.33. The molecule has 29 heavy (non-hydrogen) atoms. The Hall–Kier alpha value is -3.84. The maximum absolute atomic E-state index is 3.88. The number of para-hydroxylation sites is 1. The minimum absolute atomic E-state index is 1.12. The fourth-order valence-corrected chi connectivity index (χ4v) is 3.98. The van der Waals surface area contributed by atoms with Crippen LogP contribution in [0.2, 0.25) is 0 Å². The van der Waals surface area contributed by atoms with Crippen molar-refractivity contribution in [2.45, 2.75) is 0 Å². The van der Waals surface area contributed by atoms with Gasteiger partial charge in [-0.1, -0.05) is 91.5 Å². The standard InChI is InChI=1S/C28H21N/c1-2-21-16-18-24(19-17-21)29(23-11-4-3-5-12-23)28-20-22-10-6-7-13-25(22)26-14-8-9-15-27(26)28/h2-20H,1H2. The van der Waals surface area contributed by atoms with Gasteiger partial charge in [-0.15, -0.1) is 0 Å². The van der Waals surface area contributed by atoms with E-state index in [0.717, 1.165) is 16.9 Å². The van der Waals surface area contributed by atoms with Gasteiger partial charge in [0.1, 0.15) is 0 Å². The minimum atomic E-state index is 1.12. The molecule has 0 bridgehead atoms. The van der Waals surface area contributed by atoms with E-state index in [0.29, 0.717) is 0 Å². The lowest BCUT2D eigenvalue weighted by molar-refractivity contribution is 1.30. The molecule has 0 aliphatic heterocycles. The highest BCUT2D eigenvalue weighted by Crippen LogP contribution is 2.41. The van der Waals surface area contributed by atoms with Crippen LogP contribution in [0, 0.1) is 0 Å². The fourth-order valence-electron chi connectivity index (χ4n) is 3.98. The van der Waals surface area contributed by atoms with E-state index in [1.807, 2.05) is 6.08 Å². The van der Waals surface area contributed by atoms with E-state index in [9.17, 15) is 0 Å². The van der Waals surface area contributed by atoms with E-state index in [-0.39, 0.29) is 0 Å². The van der Waals surface area contributed by atoms with Crippen LogP contribution in [0.5, 0.6) is 0 Å². The van der Waals surface area contributed by atoms with Gasteiger partial charge in [-0.25, -0.2) is 0 Å². The normalized spacial score (nSPS) is 10.9. The Morgan fingerprint density at radius 1 is 0.552 bits per heavy atom. The highest BCUT2D eigenvalue weighted by molar-refractivity contribution is 6.14. The molecule has 1 heteroatoms. The fraction of sp³-hybridized carbons (Fsp3) is 0. The van der Waals surface area contributed by atoms with Crippen molar-refractivity contribution in [3.05, 3.63) is 121 Å². The molecule has 0 saturated heterocycles. The second kappa shape index (κ2) is 7.29. The summed E-state index contributed by atoms with van der Waals surface area (Å²) in [6, 6.07) is 38.7. The van der Waals surface area contributed by atoms with E-state index in [2.05, 4.69) is 121 Å². The van der Waals surface area contributed by atoms with Crippen LogP contribution >= 0.6 is 0 Å². The van der Waals surface area contributed by atoms with Crippen LogP contribution in [0.3, 0.4) is 0 Å². The quantitative estimate of drug-likeness (QED) is 0.288. The Kier molecular flexibility index (Phi) is 4.34. The molecule has 0 fully saturated rings. The van der Waals surface area contributed by atoms with Crippen molar-refractivity contribution in [3.8, 4) is 0 Å². The molecule has 0 aliphatic rings. The molecule has 0 N–H and O–H groups in total. The Morgan fingerprint density at radius 2 is 1.14 bits per heavy atom. The third kappa shape index (κ3) is 3.07. The number of anilines is 3. The van der Waals surface area contributed by atoms with E-state index in [1.54, 1.807) is 0 Å². The monoisotopic (exact) mass is 371 g/mol. The lowest BCUT2D eigenvalue weighted by atomic mass is 9.99. The molecule has 138 valence electrons. The molecule has 5 rings (SSSR count). The summed E-state index contributed by atoms with van der Waals surface area (Å²) in [5.41, 5.74) is 4.56. The van der Waals surface area contributed by atoms with Crippen LogP contribution in [0.1, 0.15) is 5.56 Å². The summed E-state index contributed by atoms with van der Waals surface area (Å²) in [5.74, 6) is 0. The molecule has 1 nitrogen and oxygen atoms in total. The Morgan fingerprint density at radius 3 is 1.86 bits per heavy atom. The van der Waals surface area contributed by atoms with Gasteiger partial charge < -0.3 is 4.90 Å². The van der Waals surface area contributed by atoms with Crippen molar-refractivity contribution >= 4 is 44.7 Å². The highest BCUT2D eigenvalue weighted by atomic mass is 15.1. The summed E-state index contributed by atoms with van der Waals surface area (Å²) in [5, 5.41) is 5.03. The first-order chi connectivity index (χ1) is 14.3. The number of rotatable bonds is 4. The summed E-state index contributed by atoms with van der Waals surface area (Å²) >= 11 is 0. The van der Waals surface area contributed by atoms with Gasteiger partial charge in [0.25, 0.3) is 0 Å². The van der Waals surface area contributed by atoms with Crippen molar-refractivity contribution in [2.75, 3.05) is 4.90 Å². The highest BCUT2D eigenvalue weighted by Gasteiger charge is 2.16. The third-order valence-corrected chi connectivity index (χ3v) is 5.39. The van der Waals surface area contributed by atoms with Crippen molar-refractivity contribution in [1.82, 2.24) is 0 Å². The average Bonchev–Trinajstić information content (AvgIpc) is 2.80. The van der Waals surface area contributed by atoms with Crippen LogP contribution < -0.4 is 4.90 Å². The Labute approximate surface area is 171 Å². The van der Waals surface area contributed by atoms with Crippen LogP contribution in [0.25, 0.3) is 27.6 Å². The van der Waals surface area contributed by atoms with Gasteiger partial charge in [0.15, 0.2) is 0 Å². The summed E-state index contributed by atoms with van der Waals surface area (Å²) in [6.07, 6.45) is 1.88. The van der Waals surface area contributed by atoms with Gasteiger partial charge in [0, 0.05) is 16.8 Å². The number of hydrogen-bond donors (Lipinski definition) is 0. The first kappa shape index (κ1) is 17.3. The lowest BCUT2D eigenvalue weighted by Crippen LogP contribution is -2.10. The van der Waals surface area contributed by atoms with Gasteiger partial charge in [0.05, 0.1) is 5.69 Å². The van der Waals surface area contributed by atoms with Crippen molar-refractivity contribution < 1.29 is 0 Å². The van der Waals surface area contributed by atoms with E-state index < -0.39 is 0 Å². The SMILES string of the molecule is C=Cc1ccc(N(c2ccccc2)c2cc3ccccc3c3ccccc23)cc1. The molecule has 0 unspecified atom stereocenters. The largest absolute Gasteiger partial charge is 0.310 e. The predicted molar refractivity (Wildman–Crippen MR) is 126 cm³/mol. The lowest BCUT2D eigenvalue weighted by Gasteiger charge is -2.27. The molecule has 5 aromatic rings. The van der Waals surface area contributed by atoms with E-state index in [4.69, 9.17) is 0 Å². The van der Waals surface area contributed by atoms with Gasteiger partial charge in [-0.3, -0.25) is 0 Å². The molecule has 0 aliphatic carbocycles. The topological polar surface area (TPSA) is 3.24 Å². The average molecular weight is 371 g/mol. The molecule has 0 aromatic heterocycles. The first-order valence-electron chi connectivity index (χ1n) is 9.83. The van der Waals surface area contributed by atoms with Gasteiger partial charge >= 0.3 is 0 Å². The summed E-state index contributed by atoms with van der Waals surface area (Å²) < 4.78 is 0. The Bertz CT molecular complexity index is 1300. The third-order valence-electron chi connectivity index (χ3n) is 5.39. The second-order valence-electron chi connectivity index (χ2n) is 7.13. The number of fused-ring (bicyclic) bond motifs is 3. The second-order valence-corrected chi connectivity index (χ2v) is 7.13. The van der Waals surface area contributed by atoms with Crippen molar-refractivity contribution in [3.63, 3.8) is 0 Å². The zero-order valence-electron chi connectivity index (χ0n) is 16.1. The molecule has 5 aromatic carbocycles. The van der Waals surface area contributed by atoms with Crippen LogP contribution in [-0.4, -0.2) is 0 Å². The maximum atomic E-state index is 3.88. The van der Waals surface area contributed by atoms with Gasteiger partial charge in [0.2, 0.25) is 0 Å². The van der Waals surface area contributed by atoms with Gasteiger partial charge in [-0.2, -0.15) is 0 Å². The zero-order valence-corrected chi connectivity index (χ0v) is 16.1. The summed E-state index contributed by atoms with van der Waals surface area (Å²) in [6.45, 7) is 3.88. The first-order valence-corrected chi connectivity index (χ1v) is 9.83. The van der Waals surface area contributed by atoms with E-state index in [1.165, 1.54) is 27.2 Å². The van der Waals surface area contributed by atoms with Crippen LogP contribution in [0.4, 0.5) is 17.1 Å². The van der Waals surface area contributed by atoms with Crippen molar-refractivity contribution in [1.29, 1.82) is 0 Å². The number of nitrogens with zero attached hydrogens (tertiary/aromatic N) is 1. The molecular formula is C28H21N. The predicted octanol–water partition coefficient (Wildman–Crippen LogP) is 8.11. The minimum Gasteiger partial charge on any atom is -0.310 e. The number of hydrogen-bond acceptors (Lipinski definition) is 1. The molecular weight excluding hydrogens is 350 g/mol. The molecule has 0 atom stereocenters. The Balaban J connectivity index is 1.84. The molecule has 0 spiro atoms. The van der Waals surface area contributed by atoms with Gasteiger partial charge in [-0.05, 0) is 52.1 Å².